The molecule has 4 rings (SSSR count). The average Bonchev–Trinajstić information content (AvgIpc) is 3.22. The molecule has 32 heavy (non-hydrogen) atoms. The fourth-order valence-electron chi connectivity index (χ4n) is 4.44. The van der Waals surface area contributed by atoms with Gasteiger partial charge in [-0.25, -0.2) is 4.79 Å². The Morgan fingerprint density at radius 2 is 1.66 bits per heavy atom. The minimum Gasteiger partial charge on any atom is -0.481 e. The fraction of sp³-hybridized carbons (Fsp3) is 0.400. The lowest BCUT2D eigenvalue weighted by molar-refractivity contribution is -0.137. The summed E-state index contributed by atoms with van der Waals surface area (Å²) in [4.78, 5) is 36.3. The second-order valence-electron chi connectivity index (χ2n) is 8.97. The third kappa shape index (κ3) is 4.47. The minimum absolute atomic E-state index is 0.00414. The highest BCUT2D eigenvalue weighted by Crippen LogP contribution is 2.44. The van der Waals surface area contributed by atoms with Gasteiger partial charge in [0, 0.05) is 17.9 Å². The van der Waals surface area contributed by atoms with Gasteiger partial charge in [-0.3, -0.25) is 9.59 Å². The molecule has 2 aromatic carbocycles. The van der Waals surface area contributed by atoms with Crippen molar-refractivity contribution in [1.29, 1.82) is 0 Å². The topological polar surface area (TPSA) is 105 Å². The number of carboxylic acids is 1. The highest BCUT2D eigenvalue weighted by Gasteiger charge is 2.48. The summed E-state index contributed by atoms with van der Waals surface area (Å²) in [5.41, 5.74) is 4.14. The lowest BCUT2D eigenvalue weighted by Crippen LogP contribution is -2.50. The predicted octanol–water partition coefficient (Wildman–Crippen LogP) is 3.67. The maximum atomic E-state index is 12.7. The number of fused-ring (bicyclic) bond motifs is 3. The first-order valence-corrected chi connectivity index (χ1v) is 10.9. The van der Waals surface area contributed by atoms with E-state index in [1.165, 1.54) is 0 Å². The molecule has 3 atom stereocenters. The number of hydrogen-bond donors (Lipinski definition) is 3. The van der Waals surface area contributed by atoms with Crippen molar-refractivity contribution >= 4 is 18.0 Å². The van der Waals surface area contributed by atoms with Crippen LogP contribution in [0, 0.1) is 5.92 Å². The summed E-state index contributed by atoms with van der Waals surface area (Å²) in [6.45, 7) is 4.10. The number of carbonyl (C=O) groups is 3. The van der Waals surface area contributed by atoms with Gasteiger partial charge in [-0.15, -0.1) is 0 Å². The average molecular weight is 437 g/mol. The molecule has 2 aliphatic carbocycles. The zero-order valence-corrected chi connectivity index (χ0v) is 18.3. The quantitative estimate of drug-likeness (QED) is 0.586. The first-order valence-electron chi connectivity index (χ1n) is 10.9. The molecule has 2 aromatic rings. The van der Waals surface area contributed by atoms with E-state index in [1.807, 2.05) is 50.2 Å². The Bertz CT molecular complexity index is 1010. The van der Waals surface area contributed by atoms with Gasteiger partial charge in [0.2, 0.25) is 5.91 Å². The molecule has 0 aliphatic heterocycles. The molecule has 0 aromatic heterocycles. The second kappa shape index (κ2) is 8.65. The van der Waals surface area contributed by atoms with Crippen molar-refractivity contribution in [2.75, 3.05) is 6.61 Å². The van der Waals surface area contributed by atoms with Crippen molar-refractivity contribution in [2.24, 2.45) is 5.92 Å². The van der Waals surface area contributed by atoms with E-state index < -0.39 is 18.1 Å². The SMILES string of the molecule is CC1CC1(C)NC(=O)C(CCC(=O)O)NC(=O)OCC1c2ccccc2-c2ccccc21. The van der Waals surface area contributed by atoms with E-state index in [9.17, 15) is 14.4 Å². The van der Waals surface area contributed by atoms with Crippen LogP contribution in [0.2, 0.25) is 0 Å². The highest BCUT2D eigenvalue weighted by atomic mass is 16.5. The summed E-state index contributed by atoms with van der Waals surface area (Å²) < 4.78 is 5.52. The summed E-state index contributed by atoms with van der Waals surface area (Å²) in [5.74, 6) is -1.15. The zero-order valence-electron chi connectivity index (χ0n) is 18.3. The standard InChI is InChI=1S/C25H28N2O5/c1-15-13-25(15,2)27-23(30)21(11-12-22(28)29)26-24(31)32-14-20-18-9-5-3-7-16(18)17-8-4-6-10-19(17)20/h3-10,15,20-21H,11-14H2,1-2H3,(H,26,31)(H,27,30)(H,28,29). The van der Waals surface area contributed by atoms with E-state index in [2.05, 4.69) is 22.8 Å². The van der Waals surface area contributed by atoms with Gasteiger partial charge in [-0.05, 0) is 47.9 Å². The second-order valence-corrected chi connectivity index (χ2v) is 8.97. The third-order valence-electron chi connectivity index (χ3n) is 6.67. The van der Waals surface area contributed by atoms with Crippen LogP contribution in [0.15, 0.2) is 48.5 Å². The van der Waals surface area contributed by atoms with Crippen molar-refractivity contribution in [3.8, 4) is 11.1 Å². The third-order valence-corrected chi connectivity index (χ3v) is 6.67. The summed E-state index contributed by atoms with van der Waals surface area (Å²) in [6, 6.07) is 15.1. The van der Waals surface area contributed by atoms with E-state index >= 15 is 0 Å². The maximum absolute atomic E-state index is 12.7. The van der Waals surface area contributed by atoms with Gasteiger partial charge >= 0.3 is 12.1 Å². The number of aliphatic carboxylic acids is 1. The normalized spacial score (nSPS) is 21.8. The van der Waals surface area contributed by atoms with E-state index in [1.54, 1.807) is 0 Å². The molecule has 0 spiro atoms. The van der Waals surface area contributed by atoms with Crippen LogP contribution < -0.4 is 10.6 Å². The summed E-state index contributed by atoms with van der Waals surface area (Å²) in [7, 11) is 0. The summed E-state index contributed by atoms with van der Waals surface area (Å²) in [5, 5.41) is 14.5. The Morgan fingerprint density at radius 3 is 2.19 bits per heavy atom. The molecule has 0 saturated heterocycles. The van der Waals surface area contributed by atoms with Gasteiger partial charge in [0.25, 0.3) is 0 Å². The monoisotopic (exact) mass is 436 g/mol. The van der Waals surface area contributed by atoms with E-state index in [-0.39, 0.29) is 36.8 Å². The molecule has 168 valence electrons. The molecule has 7 nitrogen and oxygen atoms in total. The summed E-state index contributed by atoms with van der Waals surface area (Å²) >= 11 is 0. The van der Waals surface area contributed by atoms with E-state index in [4.69, 9.17) is 9.84 Å². The van der Waals surface area contributed by atoms with Gasteiger partial charge in [0.1, 0.15) is 12.6 Å². The van der Waals surface area contributed by atoms with E-state index in [0.717, 1.165) is 28.7 Å². The number of hydrogen-bond acceptors (Lipinski definition) is 4. The summed E-state index contributed by atoms with van der Waals surface area (Å²) in [6.07, 6.45) is -0.106. The van der Waals surface area contributed by atoms with Crippen molar-refractivity contribution in [3.63, 3.8) is 0 Å². The molecule has 0 bridgehead atoms. The fourth-order valence-corrected chi connectivity index (χ4v) is 4.44. The number of amides is 2. The number of nitrogens with one attached hydrogen (secondary N) is 2. The number of carbonyl (C=O) groups excluding carboxylic acids is 2. The Balaban J connectivity index is 1.41. The molecule has 2 aliphatic rings. The molecule has 3 N–H and O–H groups in total. The molecular weight excluding hydrogens is 408 g/mol. The molecule has 2 amide bonds. The lowest BCUT2D eigenvalue weighted by Gasteiger charge is -2.22. The maximum Gasteiger partial charge on any atom is 0.407 e. The highest BCUT2D eigenvalue weighted by molar-refractivity contribution is 5.87. The minimum atomic E-state index is -1.02. The number of ether oxygens (including phenoxy) is 1. The van der Waals surface area contributed by atoms with Crippen LogP contribution in [0.1, 0.15) is 50.2 Å². The van der Waals surface area contributed by atoms with Crippen molar-refractivity contribution < 1.29 is 24.2 Å². The molecule has 3 unspecified atom stereocenters. The van der Waals surface area contributed by atoms with Gasteiger partial charge in [-0.2, -0.15) is 0 Å². The lowest BCUT2D eigenvalue weighted by atomic mass is 9.98. The van der Waals surface area contributed by atoms with Crippen LogP contribution in [0.3, 0.4) is 0 Å². The van der Waals surface area contributed by atoms with Gasteiger partial charge in [-0.1, -0.05) is 55.5 Å². The number of rotatable bonds is 8. The van der Waals surface area contributed by atoms with Crippen LogP contribution >= 0.6 is 0 Å². The van der Waals surface area contributed by atoms with Gasteiger partial charge in [0.05, 0.1) is 0 Å². The van der Waals surface area contributed by atoms with Gasteiger partial charge < -0.3 is 20.5 Å². The first-order chi connectivity index (χ1) is 15.3. The molecule has 1 saturated carbocycles. The Kier molecular flexibility index (Phi) is 5.91. The first kappa shape index (κ1) is 21.9. The predicted molar refractivity (Wildman–Crippen MR) is 119 cm³/mol. The molecular formula is C25H28N2O5. The largest absolute Gasteiger partial charge is 0.481 e. The van der Waals surface area contributed by atoms with Crippen molar-refractivity contribution in [3.05, 3.63) is 59.7 Å². The number of benzene rings is 2. The van der Waals surface area contributed by atoms with Crippen molar-refractivity contribution in [2.45, 2.75) is 50.6 Å². The zero-order chi connectivity index (χ0) is 22.9. The molecule has 0 radical (unpaired) electrons. The van der Waals surface area contributed by atoms with E-state index in [0.29, 0.717) is 5.92 Å². The van der Waals surface area contributed by atoms with Crippen LogP contribution in [0.4, 0.5) is 4.79 Å². The molecule has 1 fully saturated rings. The molecule has 7 heteroatoms. The Labute approximate surface area is 187 Å². The van der Waals surface area contributed by atoms with Crippen LogP contribution in [-0.4, -0.2) is 41.3 Å². The Hall–Kier alpha value is -3.35. The Morgan fingerprint density at radius 1 is 1.09 bits per heavy atom. The number of carboxylic acid groups (broad SMARTS) is 1. The van der Waals surface area contributed by atoms with Crippen LogP contribution in [-0.2, 0) is 14.3 Å². The van der Waals surface area contributed by atoms with Crippen molar-refractivity contribution in [1.82, 2.24) is 10.6 Å². The molecule has 0 heterocycles. The van der Waals surface area contributed by atoms with Crippen LogP contribution in [0.5, 0.6) is 0 Å². The van der Waals surface area contributed by atoms with Gasteiger partial charge in [0.15, 0.2) is 0 Å². The smallest absolute Gasteiger partial charge is 0.407 e. The van der Waals surface area contributed by atoms with Crippen LogP contribution in [0.25, 0.3) is 11.1 Å². The number of alkyl carbamates (subject to hydrolysis) is 1.